The van der Waals surface area contributed by atoms with Gasteiger partial charge in [0.1, 0.15) is 6.61 Å². The number of hydrogen-bond donors (Lipinski definition) is 0. The molecule has 0 aliphatic heterocycles. The van der Waals surface area contributed by atoms with Gasteiger partial charge in [0.15, 0.2) is 0 Å². The van der Waals surface area contributed by atoms with Crippen LogP contribution in [0.5, 0.6) is 0 Å². The van der Waals surface area contributed by atoms with Crippen LogP contribution in [0.2, 0.25) is 0 Å². The third kappa shape index (κ3) is 22.6. The molecule has 0 fully saturated rings. The second-order valence-electron chi connectivity index (χ2n) is 2.05. The van der Waals surface area contributed by atoms with Gasteiger partial charge >= 0.3 is 35.5 Å². The molecule has 4 nitrogen and oxygen atoms in total. The minimum atomic E-state index is -0.995. The fourth-order valence-corrected chi connectivity index (χ4v) is 0.254. The largest absolute Gasteiger partial charge is 1.00 e. The van der Waals surface area contributed by atoms with Crippen molar-refractivity contribution in [1.82, 2.24) is 0 Å². The summed E-state index contributed by atoms with van der Waals surface area (Å²) in [6, 6.07) is 0. The van der Waals surface area contributed by atoms with Crippen LogP contribution in [0.15, 0.2) is 12.7 Å². The van der Waals surface area contributed by atoms with E-state index in [0.29, 0.717) is 13.0 Å². The Labute approximate surface area is 107 Å². The topological polar surface area (TPSA) is 66.4 Å². The maximum Gasteiger partial charge on any atom is 1.00 e. The zero-order valence-electron chi connectivity index (χ0n) is 9.04. The summed E-state index contributed by atoms with van der Waals surface area (Å²) in [6.45, 7) is 7.01. The first-order valence-corrected chi connectivity index (χ1v) is 4.04. The molecule has 76 valence electrons. The second kappa shape index (κ2) is 15.2. The number of carbonyl (C=O) groups is 2. The van der Waals surface area contributed by atoms with Gasteiger partial charge in [0.05, 0.1) is 0 Å². The summed E-state index contributed by atoms with van der Waals surface area (Å²) in [5.74, 6) is -1.17. The zero-order valence-corrected chi connectivity index (χ0v) is 11.0. The summed E-state index contributed by atoms with van der Waals surface area (Å²) in [7, 11) is 0. The minimum absolute atomic E-state index is 0. The van der Waals surface area contributed by atoms with Gasteiger partial charge in [-0.25, -0.2) is 0 Å². The summed E-state index contributed by atoms with van der Waals surface area (Å²) in [6.07, 6.45) is 2.10. The van der Waals surface area contributed by atoms with Gasteiger partial charge in [-0.15, -0.1) is 0 Å². The van der Waals surface area contributed by atoms with E-state index in [1.807, 2.05) is 0 Å². The van der Waals surface area contributed by atoms with Crippen molar-refractivity contribution in [2.45, 2.75) is 26.7 Å². The first kappa shape index (κ1) is 19.3. The Morgan fingerprint density at radius 1 is 1.36 bits per heavy atom. The number of esters is 1. The van der Waals surface area contributed by atoms with Crippen LogP contribution in [-0.4, -0.2) is 18.5 Å². The molecule has 0 saturated heterocycles. The molecule has 0 radical (unpaired) electrons. The molecule has 0 amide bonds. The van der Waals surface area contributed by atoms with Crippen LogP contribution >= 0.6 is 0 Å². The van der Waals surface area contributed by atoms with Crippen molar-refractivity contribution < 1.29 is 49.0 Å². The summed E-state index contributed by atoms with van der Waals surface area (Å²) in [4.78, 5) is 19.6. The number of hydrogen-bond acceptors (Lipinski definition) is 4. The van der Waals surface area contributed by atoms with E-state index in [4.69, 9.17) is 0 Å². The van der Waals surface area contributed by atoms with Crippen molar-refractivity contribution in [3.05, 3.63) is 12.7 Å². The van der Waals surface area contributed by atoms with Gasteiger partial charge in [-0.05, 0) is 6.42 Å². The van der Waals surface area contributed by atoms with E-state index in [9.17, 15) is 14.7 Å². The average molecular weight is 210 g/mol. The van der Waals surface area contributed by atoms with Crippen molar-refractivity contribution >= 4 is 11.9 Å². The Bertz CT molecular complexity index is 168. The molecule has 0 saturated carbocycles. The van der Waals surface area contributed by atoms with E-state index in [1.165, 1.54) is 6.92 Å². The number of rotatable bonds is 4. The Balaban J connectivity index is -0.000000177. The molecular formula is C9H15NaO4. The molecule has 14 heavy (non-hydrogen) atoms. The number of carboxylic acid groups (broad SMARTS) is 1. The van der Waals surface area contributed by atoms with E-state index < -0.39 is 5.97 Å². The smallest absolute Gasteiger partial charge is 0.550 e. The Morgan fingerprint density at radius 3 is 2.00 bits per heavy atom. The molecule has 5 heteroatoms. The van der Waals surface area contributed by atoms with Crippen molar-refractivity contribution in [3.63, 3.8) is 0 Å². The molecule has 0 aliphatic carbocycles. The summed E-state index contributed by atoms with van der Waals surface area (Å²) < 4.78 is 4.58. The predicted octanol–water partition coefficient (Wildman–Crippen LogP) is -2.72. The van der Waals surface area contributed by atoms with Gasteiger partial charge < -0.3 is 14.6 Å². The van der Waals surface area contributed by atoms with E-state index >= 15 is 0 Å². The SMILES string of the molecule is C=CCOC(=O)CC.CCC(=O)[O-].[Na+]. The Hall–Kier alpha value is -0.320. The van der Waals surface area contributed by atoms with Crippen molar-refractivity contribution in [2.24, 2.45) is 0 Å². The van der Waals surface area contributed by atoms with E-state index in [-0.39, 0.29) is 41.9 Å². The van der Waals surface area contributed by atoms with E-state index in [2.05, 4.69) is 11.3 Å². The maximum atomic E-state index is 10.3. The molecule has 0 heterocycles. The fraction of sp³-hybridized carbons (Fsp3) is 0.556. The quantitative estimate of drug-likeness (QED) is 0.287. The van der Waals surface area contributed by atoms with Gasteiger partial charge in [-0.2, -0.15) is 0 Å². The molecule has 0 aromatic heterocycles. The summed E-state index contributed by atoms with van der Waals surface area (Å²) in [5, 5.41) is 9.26. The van der Waals surface area contributed by atoms with Crippen LogP contribution in [0.1, 0.15) is 26.7 Å². The molecule has 0 aliphatic rings. The maximum absolute atomic E-state index is 10.3. The first-order chi connectivity index (χ1) is 6.08. The number of carboxylic acids is 1. The number of carbonyl (C=O) groups excluding carboxylic acids is 2. The van der Waals surface area contributed by atoms with Crippen LogP contribution in [0.3, 0.4) is 0 Å². The molecule has 0 bridgehead atoms. The van der Waals surface area contributed by atoms with E-state index in [1.54, 1.807) is 13.0 Å². The monoisotopic (exact) mass is 210 g/mol. The number of aliphatic carboxylic acids is 1. The van der Waals surface area contributed by atoms with E-state index in [0.717, 1.165) is 0 Å². The first-order valence-electron chi connectivity index (χ1n) is 4.04. The average Bonchev–Trinajstić information content (AvgIpc) is 2.15. The third-order valence-corrected chi connectivity index (χ3v) is 0.940. The normalized spacial score (nSPS) is 7.29. The van der Waals surface area contributed by atoms with Gasteiger partial charge in [0, 0.05) is 12.4 Å². The fourth-order valence-electron chi connectivity index (χ4n) is 0.254. The van der Waals surface area contributed by atoms with Gasteiger partial charge in [-0.3, -0.25) is 4.79 Å². The van der Waals surface area contributed by atoms with Crippen LogP contribution in [0, 0.1) is 0 Å². The number of ether oxygens (including phenoxy) is 1. The molecule has 0 atom stereocenters. The van der Waals surface area contributed by atoms with Crippen molar-refractivity contribution in [2.75, 3.05) is 6.61 Å². The van der Waals surface area contributed by atoms with Crippen LogP contribution in [0.4, 0.5) is 0 Å². The van der Waals surface area contributed by atoms with Crippen LogP contribution in [0.25, 0.3) is 0 Å². The van der Waals surface area contributed by atoms with Crippen molar-refractivity contribution in [3.8, 4) is 0 Å². The van der Waals surface area contributed by atoms with Crippen LogP contribution < -0.4 is 34.7 Å². The molecule has 0 spiro atoms. The summed E-state index contributed by atoms with van der Waals surface area (Å²) in [5.41, 5.74) is 0. The summed E-state index contributed by atoms with van der Waals surface area (Å²) >= 11 is 0. The molecule has 0 unspecified atom stereocenters. The molecule has 0 N–H and O–H groups in total. The molecule has 0 aromatic rings. The molecule has 0 rings (SSSR count). The molecular weight excluding hydrogens is 195 g/mol. The minimum Gasteiger partial charge on any atom is -0.550 e. The predicted molar refractivity (Wildman–Crippen MR) is 46.7 cm³/mol. The Morgan fingerprint density at radius 2 is 1.79 bits per heavy atom. The van der Waals surface area contributed by atoms with Gasteiger partial charge in [0.2, 0.25) is 0 Å². The standard InChI is InChI=1S/C6H10O2.C3H6O2.Na/c1-3-5-8-6(7)4-2;1-2-3(4)5;/h3H,1,4-5H2,2H3;2H2,1H3,(H,4,5);/q;;+1/p-1. The van der Waals surface area contributed by atoms with Crippen LogP contribution in [-0.2, 0) is 14.3 Å². The van der Waals surface area contributed by atoms with Crippen molar-refractivity contribution in [1.29, 1.82) is 0 Å². The third-order valence-electron chi connectivity index (χ3n) is 0.940. The zero-order chi connectivity index (χ0) is 10.7. The van der Waals surface area contributed by atoms with Gasteiger partial charge in [0.25, 0.3) is 0 Å². The van der Waals surface area contributed by atoms with Gasteiger partial charge in [-0.1, -0.05) is 26.5 Å². The Kier molecular flexibility index (Phi) is 20.9. The second-order valence-corrected chi connectivity index (χ2v) is 2.05. The molecule has 0 aromatic carbocycles.